The van der Waals surface area contributed by atoms with E-state index in [2.05, 4.69) is 21.2 Å². The van der Waals surface area contributed by atoms with Crippen LogP contribution in [0.15, 0.2) is 88.2 Å². The van der Waals surface area contributed by atoms with Gasteiger partial charge in [0.05, 0.1) is 11.4 Å². The van der Waals surface area contributed by atoms with Crippen molar-refractivity contribution in [2.45, 2.75) is 50.2 Å². The van der Waals surface area contributed by atoms with Crippen LogP contribution in [0.4, 0.5) is 0 Å². The smallest absolute Gasteiger partial charge is 0.243 e. The molecule has 0 bridgehead atoms. The van der Waals surface area contributed by atoms with Crippen molar-refractivity contribution in [3.05, 3.63) is 99.5 Å². The van der Waals surface area contributed by atoms with Crippen LogP contribution in [-0.2, 0) is 32.6 Å². The van der Waals surface area contributed by atoms with E-state index in [1.54, 1.807) is 0 Å². The van der Waals surface area contributed by atoms with Gasteiger partial charge in [0.2, 0.25) is 21.8 Å². The molecule has 0 aliphatic heterocycles. The molecule has 0 fully saturated rings. The van der Waals surface area contributed by atoms with E-state index in [4.69, 9.17) is 11.6 Å². The van der Waals surface area contributed by atoms with Gasteiger partial charge in [0, 0.05) is 35.6 Å². The summed E-state index contributed by atoms with van der Waals surface area (Å²) in [4.78, 5) is 28.9. The van der Waals surface area contributed by atoms with E-state index >= 15 is 0 Å². The van der Waals surface area contributed by atoms with Crippen molar-refractivity contribution in [1.29, 1.82) is 0 Å². The SMILES string of the molecule is CC[C@H](C)NC(=O)[C@H](Cc1ccccc1)N(Cc1ccc(Br)cc1)C(=O)CN(C)S(=O)(=O)c1ccc(Cl)cc1. The van der Waals surface area contributed by atoms with E-state index < -0.39 is 28.5 Å². The minimum absolute atomic E-state index is 0.0250. The summed E-state index contributed by atoms with van der Waals surface area (Å²) < 4.78 is 28.3. The van der Waals surface area contributed by atoms with E-state index in [1.807, 2.05) is 68.4 Å². The number of nitrogens with one attached hydrogen (secondary N) is 1. The molecular weight excluding hydrogens is 602 g/mol. The zero-order valence-corrected chi connectivity index (χ0v) is 25.3. The molecule has 0 radical (unpaired) electrons. The Labute approximate surface area is 244 Å². The second-order valence-electron chi connectivity index (χ2n) is 9.39. The van der Waals surface area contributed by atoms with Gasteiger partial charge >= 0.3 is 0 Å². The highest BCUT2D eigenvalue weighted by Gasteiger charge is 2.33. The highest BCUT2D eigenvalue weighted by atomic mass is 79.9. The van der Waals surface area contributed by atoms with Crippen LogP contribution in [0.2, 0.25) is 5.02 Å². The first-order valence-corrected chi connectivity index (χ1v) is 15.2. The maximum Gasteiger partial charge on any atom is 0.243 e. The maximum atomic E-state index is 13.9. The highest BCUT2D eigenvalue weighted by Crippen LogP contribution is 2.20. The first-order valence-electron chi connectivity index (χ1n) is 12.6. The molecule has 1 N–H and O–H groups in total. The molecule has 7 nitrogen and oxygen atoms in total. The first-order chi connectivity index (χ1) is 18.5. The third kappa shape index (κ3) is 8.63. The molecule has 3 rings (SSSR count). The van der Waals surface area contributed by atoms with E-state index in [9.17, 15) is 18.0 Å². The molecule has 0 heterocycles. The highest BCUT2D eigenvalue weighted by molar-refractivity contribution is 9.10. The van der Waals surface area contributed by atoms with Crippen LogP contribution >= 0.6 is 27.5 Å². The fourth-order valence-electron chi connectivity index (χ4n) is 3.93. The molecule has 0 spiro atoms. The first kappa shape index (κ1) is 30.8. The molecule has 0 aromatic heterocycles. The Hall–Kier alpha value is -2.72. The number of carbonyl (C=O) groups is 2. The summed E-state index contributed by atoms with van der Waals surface area (Å²) in [6.07, 6.45) is 1.01. The lowest BCUT2D eigenvalue weighted by atomic mass is 10.0. The van der Waals surface area contributed by atoms with Crippen LogP contribution in [0.5, 0.6) is 0 Å². The average molecular weight is 635 g/mol. The molecule has 0 saturated heterocycles. The number of halogens is 2. The van der Waals surface area contributed by atoms with Gasteiger partial charge in [-0.25, -0.2) is 8.42 Å². The van der Waals surface area contributed by atoms with Crippen molar-refractivity contribution in [3.63, 3.8) is 0 Å². The van der Waals surface area contributed by atoms with Gasteiger partial charge in [0.15, 0.2) is 0 Å². The van der Waals surface area contributed by atoms with Crippen molar-refractivity contribution >= 4 is 49.4 Å². The Morgan fingerprint density at radius 1 is 0.949 bits per heavy atom. The number of nitrogens with zero attached hydrogens (tertiary/aromatic N) is 2. The summed E-state index contributed by atoms with van der Waals surface area (Å²) in [5, 5.41) is 3.42. The Balaban J connectivity index is 1.97. The van der Waals surface area contributed by atoms with Gasteiger partial charge in [0.1, 0.15) is 6.04 Å². The average Bonchev–Trinajstić information content (AvgIpc) is 2.92. The summed E-state index contributed by atoms with van der Waals surface area (Å²) in [7, 11) is -2.62. The predicted octanol–water partition coefficient (Wildman–Crippen LogP) is 5.28. The number of likely N-dealkylation sites (N-methyl/N-ethyl adjacent to an activating group) is 1. The predicted molar refractivity (Wildman–Crippen MR) is 158 cm³/mol. The largest absolute Gasteiger partial charge is 0.352 e. The number of sulfonamides is 1. The molecular formula is C29H33BrClN3O4S. The molecule has 2 atom stereocenters. The maximum absolute atomic E-state index is 13.9. The normalized spacial score (nSPS) is 13.1. The van der Waals surface area contributed by atoms with Crippen LogP contribution in [0, 0.1) is 0 Å². The number of amides is 2. The van der Waals surface area contributed by atoms with Crippen LogP contribution in [0.1, 0.15) is 31.4 Å². The molecule has 0 aliphatic rings. The minimum atomic E-state index is -3.97. The standard InChI is InChI=1S/C29H33BrClN3O4S/c1-4-21(2)32-29(36)27(18-22-8-6-5-7-9-22)34(19-23-10-12-24(30)13-11-23)28(35)20-33(3)39(37,38)26-16-14-25(31)15-17-26/h5-17,21,27H,4,18-20H2,1-3H3,(H,32,36)/t21-,27-/m0/s1. The molecule has 2 amide bonds. The number of carbonyl (C=O) groups excluding carboxylic acids is 2. The Kier molecular flexibility index (Phi) is 11.1. The molecule has 3 aromatic carbocycles. The van der Waals surface area contributed by atoms with E-state index in [0.29, 0.717) is 5.02 Å². The lowest BCUT2D eigenvalue weighted by Crippen LogP contribution is -2.54. The van der Waals surface area contributed by atoms with E-state index in [1.165, 1.54) is 36.2 Å². The van der Waals surface area contributed by atoms with Gasteiger partial charge in [-0.1, -0.05) is 76.9 Å². The third-order valence-corrected chi connectivity index (χ3v) is 9.02. The quantitative estimate of drug-likeness (QED) is 0.294. The molecule has 0 aliphatic carbocycles. The topological polar surface area (TPSA) is 86.8 Å². The fraction of sp³-hybridized carbons (Fsp3) is 0.310. The monoisotopic (exact) mass is 633 g/mol. The Morgan fingerprint density at radius 2 is 1.56 bits per heavy atom. The number of hydrogen-bond acceptors (Lipinski definition) is 4. The van der Waals surface area contributed by atoms with Crippen LogP contribution in [-0.4, -0.2) is 55.1 Å². The van der Waals surface area contributed by atoms with Gasteiger partial charge < -0.3 is 10.2 Å². The number of benzene rings is 3. The van der Waals surface area contributed by atoms with Crippen molar-refractivity contribution in [2.75, 3.05) is 13.6 Å². The van der Waals surface area contributed by atoms with Crippen LogP contribution in [0.25, 0.3) is 0 Å². The summed E-state index contributed by atoms with van der Waals surface area (Å²) >= 11 is 9.35. The molecule has 0 saturated carbocycles. The molecule has 39 heavy (non-hydrogen) atoms. The van der Waals surface area contributed by atoms with Gasteiger partial charge in [-0.05, 0) is 60.9 Å². The van der Waals surface area contributed by atoms with Gasteiger partial charge in [-0.2, -0.15) is 4.31 Å². The Morgan fingerprint density at radius 3 is 2.15 bits per heavy atom. The van der Waals surface area contributed by atoms with Gasteiger partial charge in [0.25, 0.3) is 0 Å². The second-order valence-corrected chi connectivity index (χ2v) is 12.8. The van der Waals surface area contributed by atoms with E-state index in [0.717, 1.165) is 26.3 Å². The van der Waals surface area contributed by atoms with Crippen LogP contribution in [0.3, 0.4) is 0 Å². The van der Waals surface area contributed by atoms with Gasteiger partial charge in [-0.15, -0.1) is 0 Å². The Bertz CT molecular complexity index is 1350. The number of hydrogen-bond donors (Lipinski definition) is 1. The third-order valence-electron chi connectivity index (χ3n) is 6.42. The van der Waals surface area contributed by atoms with Crippen LogP contribution < -0.4 is 5.32 Å². The lowest BCUT2D eigenvalue weighted by molar-refractivity contribution is -0.141. The molecule has 208 valence electrons. The van der Waals surface area contributed by atoms with Crippen molar-refractivity contribution < 1.29 is 18.0 Å². The summed E-state index contributed by atoms with van der Waals surface area (Å²) in [6, 6.07) is 21.7. The van der Waals surface area contributed by atoms with Crippen molar-refractivity contribution in [2.24, 2.45) is 0 Å². The molecule has 3 aromatic rings. The van der Waals surface area contributed by atoms with Crippen molar-refractivity contribution in [1.82, 2.24) is 14.5 Å². The zero-order valence-electron chi connectivity index (χ0n) is 22.2. The summed E-state index contributed by atoms with van der Waals surface area (Å²) in [6.45, 7) is 3.57. The summed E-state index contributed by atoms with van der Waals surface area (Å²) in [5.74, 6) is -0.778. The minimum Gasteiger partial charge on any atom is -0.352 e. The lowest BCUT2D eigenvalue weighted by Gasteiger charge is -2.33. The second kappa shape index (κ2) is 14.1. The molecule has 0 unspecified atom stereocenters. The van der Waals surface area contributed by atoms with E-state index in [-0.39, 0.29) is 29.8 Å². The van der Waals surface area contributed by atoms with Gasteiger partial charge in [-0.3, -0.25) is 9.59 Å². The zero-order chi connectivity index (χ0) is 28.6. The summed E-state index contributed by atoms with van der Waals surface area (Å²) in [5.41, 5.74) is 1.70. The number of rotatable bonds is 12. The fourth-order valence-corrected chi connectivity index (χ4v) is 5.45. The van der Waals surface area contributed by atoms with Crippen molar-refractivity contribution in [3.8, 4) is 0 Å². The molecule has 10 heteroatoms.